The summed E-state index contributed by atoms with van der Waals surface area (Å²) in [5.41, 5.74) is 5.93. The molecule has 1 fully saturated rings. The van der Waals surface area contributed by atoms with E-state index in [-0.39, 0.29) is 5.54 Å². The zero-order valence-corrected chi connectivity index (χ0v) is 8.47. The highest BCUT2D eigenvalue weighted by atomic mass is 15.1. The first-order chi connectivity index (χ1) is 5.58. The molecule has 2 nitrogen and oxygen atoms in total. The quantitative estimate of drug-likeness (QED) is 0.694. The zero-order chi connectivity index (χ0) is 9.03. The fraction of sp³-hybridized carbons (Fsp3) is 1.00. The molecule has 0 aromatic carbocycles. The predicted octanol–water partition coefficient (Wildman–Crippen LogP) is 1.60. The van der Waals surface area contributed by atoms with E-state index in [1.54, 1.807) is 0 Å². The Hall–Kier alpha value is -0.0800. The molecular formula is C10H22N2. The van der Waals surface area contributed by atoms with Crippen LogP contribution in [0.5, 0.6) is 0 Å². The van der Waals surface area contributed by atoms with Crippen molar-refractivity contribution in [2.75, 3.05) is 19.6 Å². The third kappa shape index (κ3) is 4.07. The van der Waals surface area contributed by atoms with Crippen LogP contribution in [-0.4, -0.2) is 30.1 Å². The summed E-state index contributed by atoms with van der Waals surface area (Å²) in [6, 6.07) is 0. The molecule has 1 aliphatic rings. The number of hydrogen-bond acceptors (Lipinski definition) is 2. The van der Waals surface area contributed by atoms with Crippen LogP contribution in [0.25, 0.3) is 0 Å². The minimum absolute atomic E-state index is 0.0275. The number of rotatable bonds is 4. The van der Waals surface area contributed by atoms with E-state index in [9.17, 15) is 0 Å². The molecular weight excluding hydrogens is 148 g/mol. The Bertz CT molecular complexity index is 120. The fourth-order valence-electron chi connectivity index (χ4n) is 1.76. The minimum Gasteiger partial charge on any atom is -0.326 e. The van der Waals surface area contributed by atoms with Gasteiger partial charge in [0.15, 0.2) is 0 Å². The van der Waals surface area contributed by atoms with E-state index in [4.69, 9.17) is 5.73 Å². The van der Waals surface area contributed by atoms with Gasteiger partial charge in [-0.2, -0.15) is 0 Å². The first-order valence-corrected chi connectivity index (χ1v) is 5.09. The van der Waals surface area contributed by atoms with E-state index >= 15 is 0 Å². The van der Waals surface area contributed by atoms with Gasteiger partial charge < -0.3 is 10.6 Å². The number of hydrogen-bond donors (Lipinski definition) is 1. The van der Waals surface area contributed by atoms with Crippen molar-refractivity contribution in [2.24, 2.45) is 5.73 Å². The normalized spacial score (nSPS) is 20.2. The lowest BCUT2D eigenvalue weighted by Gasteiger charge is -2.20. The molecule has 1 rings (SSSR count). The van der Waals surface area contributed by atoms with Crippen molar-refractivity contribution in [1.29, 1.82) is 0 Å². The molecule has 0 aromatic rings. The van der Waals surface area contributed by atoms with Crippen LogP contribution in [0.2, 0.25) is 0 Å². The molecule has 0 radical (unpaired) electrons. The standard InChI is InChI=1S/C10H22N2/c1-10(2,11)6-5-9-12-7-3-4-8-12/h3-9,11H2,1-2H3. The number of likely N-dealkylation sites (tertiary alicyclic amines) is 1. The Morgan fingerprint density at radius 1 is 1.25 bits per heavy atom. The first-order valence-electron chi connectivity index (χ1n) is 5.09. The second-order valence-corrected chi connectivity index (χ2v) is 4.64. The lowest BCUT2D eigenvalue weighted by Crippen LogP contribution is -2.33. The molecule has 1 saturated heterocycles. The van der Waals surface area contributed by atoms with Gasteiger partial charge in [-0.25, -0.2) is 0 Å². The molecule has 1 aliphatic heterocycles. The molecule has 0 spiro atoms. The molecule has 2 heteroatoms. The molecule has 1 heterocycles. The van der Waals surface area contributed by atoms with Gasteiger partial charge in [-0.1, -0.05) is 0 Å². The van der Waals surface area contributed by atoms with Crippen LogP contribution in [0.3, 0.4) is 0 Å². The predicted molar refractivity (Wildman–Crippen MR) is 53.2 cm³/mol. The van der Waals surface area contributed by atoms with Crippen LogP contribution >= 0.6 is 0 Å². The summed E-state index contributed by atoms with van der Waals surface area (Å²) < 4.78 is 0. The maximum Gasteiger partial charge on any atom is 0.00975 e. The summed E-state index contributed by atoms with van der Waals surface area (Å²) >= 11 is 0. The summed E-state index contributed by atoms with van der Waals surface area (Å²) in [6.45, 7) is 8.09. The molecule has 2 N–H and O–H groups in total. The number of nitrogens with zero attached hydrogens (tertiary/aromatic N) is 1. The van der Waals surface area contributed by atoms with Crippen LogP contribution < -0.4 is 5.73 Å². The van der Waals surface area contributed by atoms with Gasteiger partial charge in [0.2, 0.25) is 0 Å². The molecule has 0 atom stereocenters. The first kappa shape index (κ1) is 10.0. The van der Waals surface area contributed by atoms with E-state index in [1.165, 1.54) is 38.9 Å². The maximum atomic E-state index is 5.90. The minimum atomic E-state index is 0.0275. The lowest BCUT2D eigenvalue weighted by molar-refractivity contribution is 0.312. The van der Waals surface area contributed by atoms with Gasteiger partial charge in [-0.15, -0.1) is 0 Å². The summed E-state index contributed by atoms with van der Waals surface area (Å²) in [6.07, 6.45) is 5.19. The van der Waals surface area contributed by atoms with Gasteiger partial charge in [-0.05, 0) is 59.2 Å². The summed E-state index contributed by atoms with van der Waals surface area (Å²) in [4.78, 5) is 2.55. The topological polar surface area (TPSA) is 29.3 Å². The Labute approximate surface area is 76.1 Å². The highest BCUT2D eigenvalue weighted by Crippen LogP contribution is 2.11. The SMILES string of the molecule is CC(C)(N)CCCN1CCCC1. The molecule has 0 bridgehead atoms. The second kappa shape index (κ2) is 4.24. The number of nitrogens with two attached hydrogens (primary N) is 1. The molecule has 0 aliphatic carbocycles. The average molecular weight is 170 g/mol. The van der Waals surface area contributed by atoms with Crippen molar-refractivity contribution >= 4 is 0 Å². The zero-order valence-electron chi connectivity index (χ0n) is 8.47. The molecule has 72 valence electrons. The van der Waals surface area contributed by atoms with E-state index in [0.717, 1.165) is 6.42 Å². The fourth-order valence-corrected chi connectivity index (χ4v) is 1.76. The van der Waals surface area contributed by atoms with E-state index in [2.05, 4.69) is 18.7 Å². The highest BCUT2D eigenvalue weighted by molar-refractivity contribution is 4.73. The highest BCUT2D eigenvalue weighted by Gasteiger charge is 2.13. The van der Waals surface area contributed by atoms with Crippen LogP contribution in [0.15, 0.2) is 0 Å². The largest absolute Gasteiger partial charge is 0.326 e. The van der Waals surface area contributed by atoms with Gasteiger partial charge >= 0.3 is 0 Å². The van der Waals surface area contributed by atoms with Crippen LogP contribution in [0.4, 0.5) is 0 Å². The van der Waals surface area contributed by atoms with Crippen LogP contribution in [0.1, 0.15) is 39.5 Å². The maximum absolute atomic E-state index is 5.90. The van der Waals surface area contributed by atoms with Crippen molar-refractivity contribution in [3.63, 3.8) is 0 Å². The molecule has 0 unspecified atom stereocenters. The summed E-state index contributed by atoms with van der Waals surface area (Å²) in [5, 5.41) is 0. The Morgan fingerprint density at radius 2 is 1.83 bits per heavy atom. The van der Waals surface area contributed by atoms with Gasteiger partial charge in [-0.3, -0.25) is 0 Å². The summed E-state index contributed by atoms with van der Waals surface area (Å²) in [7, 11) is 0. The van der Waals surface area contributed by atoms with E-state index in [0.29, 0.717) is 0 Å². The van der Waals surface area contributed by atoms with Crippen molar-refractivity contribution in [3.8, 4) is 0 Å². The average Bonchev–Trinajstić information content (AvgIpc) is 2.36. The van der Waals surface area contributed by atoms with E-state index < -0.39 is 0 Å². The molecule has 0 amide bonds. The van der Waals surface area contributed by atoms with Crippen molar-refractivity contribution < 1.29 is 0 Å². The smallest absolute Gasteiger partial charge is 0.00975 e. The van der Waals surface area contributed by atoms with Crippen LogP contribution in [0, 0.1) is 0 Å². The van der Waals surface area contributed by atoms with Gasteiger partial charge in [0.05, 0.1) is 0 Å². The molecule has 0 aromatic heterocycles. The third-order valence-electron chi connectivity index (χ3n) is 2.49. The Balaban J connectivity index is 2.02. The lowest BCUT2D eigenvalue weighted by atomic mass is 10.0. The monoisotopic (exact) mass is 170 g/mol. The van der Waals surface area contributed by atoms with Crippen LogP contribution in [-0.2, 0) is 0 Å². The molecule has 0 saturated carbocycles. The summed E-state index contributed by atoms with van der Waals surface area (Å²) in [5.74, 6) is 0. The van der Waals surface area contributed by atoms with E-state index in [1.807, 2.05) is 0 Å². The van der Waals surface area contributed by atoms with Gasteiger partial charge in [0, 0.05) is 5.54 Å². The van der Waals surface area contributed by atoms with Crippen molar-refractivity contribution in [1.82, 2.24) is 4.90 Å². The Kier molecular flexibility index (Phi) is 3.53. The third-order valence-corrected chi connectivity index (χ3v) is 2.49. The van der Waals surface area contributed by atoms with Crippen molar-refractivity contribution in [3.05, 3.63) is 0 Å². The van der Waals surface area contributed by atoms with Gasteiger partial charge in [0.1, 0.15) is 0 Å². The van der Waals surface area contributed by atoms with Crippen molar-refractivity contribution in [2.45, 2.75) is 45.1 Å². The second-order valence-electron chi connectivity index (χ2n) is 4.64. The Morgan fingerprint density at radius 3 is 2.33 bits per heavy atom. The molecule has 12 heavy (non-hydrogen) atoms. The van der Waals surface area contributed by atoms with Gasteiger partial charge in [0.25, 0.3) is 0 Å².